The van der Waals surface area contributed by atoms with Crippen LogP contribution in [0.4, 0.5) is 0 Å². The van der Waals surface area contributed by atoms with Gasteiger partial charge in [0.05, 0.1) is 0 Å². The molecule has 0 aromatic heterocycles. The Kier molecular flexibility index (Phi) is 13.4. The van der Waals surface area contributed by atoms with Gasteiger partial charge in [-0.3, -0.25) is 0 Å². The first-order valence-electron chi connectivity index (χ1n) is 13.3. The highest BCUT2D eigenvalue weighted by Gasteiger charge is 2.56. The molecule has 4 atom stereocenters. The standard InChI is InChI=1S/C28H48O7/c1-19(2)11-8-13-21(4)15-10-17-22(5)16-9-14-20(3)12-6-7-18-28(25(31)26(32)33)24(30)23(29)27(34)35-28/h12,19,21-22,25,29-31H,6-11,13-18H2,1-5H3,(H,32,33)/t21?,22?,25-,28-/m0/s1. The molecule has 1 rings (SSSR count). The van der Waals surface area contributed by atoms with Gasteiger partial charge in [-0.05, 0) is 56.8 Å². The van der Waals surface area contributed by atoms with Crippen molar-refractivity contribution in [3.63, 3.8) is 0 Å². The fourth-order valence-corrected chi connectivity index (χ4v) is 4.77. The number of unbranched alkanes of at least 4 members (excludes halogenated alkanes) is 1. The number of ether oxygens (including phenoxy) is 1. The molecule has 0 aromatic carbocycles. The van der Waals surface area contributed by atoms with Gasteiger partial charge in [0, 0.05) is 0 Å². The smallest absolute Gasteiger partial charge is 0.378 e. The normalized spacial score (nSPS) is 21.3. The Morgan fingerprint density at radius 2 is 1.49 bits per heavy atom. The van der Waals surface area contributed by atoms with Crippen molar-refractivity contribution in [2.75, 3.05) is 0 Å². The summed E-state index contributed by atoms with van der Waals surface area (Å²) < 4.78 is 4.91. The Morgan fingerprint density at radius 3 is 1.97 bits per heavy atom. The minimum absolute atomic E-state index is 0.112. The van der Waals surface area contributed by atoms with Gasteiger partial charge in [-0.25, -0.2) is 9.59 Å². The number of hydrogen-bond donors (Lipinski definition) is 4. The van der Waals surface area contributed by atoms with Crippen LogP contribution < -0.4 is 0 Å². The molecular formula is C28H48O7. The van der Waals surface area contributed by atoms with E-state index in [1.807, 2.05) is 0 Å². The van der Waals surface area contributed by atoms with Crippen LogP contribution in [0.5, 0.6) is 0 Å². The molecule has 1 aliphatic heterocycles. The highest BCUT2D eigenvalue weighted by atomic mass is 16.6. The number of carboxylic acids is 1. The molecule has 0 spiro atoms. The lowest BCUT2D eigenvalue weighted by Crippen LogP contribution is -2.49. The number of aliphatic hydroxyl groups is 3. The van der Waals surface area contributed by atoms with E-state index >= 15 is 0 Å². The number of aliphatic hydroxyl groups excluding tert-OH is 3. The van der Waals surface area contributed by atoms with Gasteiger partial charge >= 0.3 is 11.9 Å². The Hall–Kier alpha value is -2.02. The summed E-state index contributed by atoms with van der Waals surface area (Å²) in [7, 11) is 0. The summed E-state index contributed by atoms with van der Waals surface area (Å²) in [5.41, 5.74) is -0.911. The van der Waals surface area contributed by atoms with Gasteiger partial charge < -0.3 is 25.2 Å². The number of carbonyl (C=O) groups is 2. The molecule has 202 valence electrons. The molecule has 0 amide bonds. The molecule has 2 unspecified atom stereocenters. The molecule has 35 heavy (non-hydrogen) atoms. The van der Waals surface area contributed by atoms with Crippen molar-refractivity contribution in [1.29, 1.82) is 0 Å². The summed E-state index contributed by atoms with van der Waals surface area (Å²) in [6.07, 6.45) is 11.9. The maximum Gasteiger partial charge on any atom is 0.378 e. The molecule has 1 aliphatic rings. The zero-order chi connectivity index (χ0) is 26.6. The Labute approximate surface area is 211 Å². The lowest BCUT2D eigenvalue weighted by molar-refractivity contribution is -0.175. The van der Waals surface area contributed by atoms with Gasteiger partial charge in [0.15, 0.2) is 11.9 Å². The molecule has 0 aromatic rings. The fourth-order valence-electron chi connectivity index (χ4n) is 4.77. The van der Waals surface area contributed by atoms with Crippen LogP contribution >= 0.6 is 0 Å². The number of carbonyl (C=O) groups excluding carboxylic acids is 1. The lowest BCUT2D eigenvalue weighted by atomic mass is 9.88. The zero-order valence-electron chi connectivity index (χ0n) is 22.4. The number of cyclic esters (lactones) is 1. The molecule has 0 saturated carbocycles. The number of hydrogen-bond acceptors (Lipinski definition) is 6. The van der Waals surface area contributed by atoms with Gasteiger partial charge in [0.2, 0.25) is 11.4 Å². The highest BCUT2D eigenvalue weighted by Crippen LogP contribution is 2.38. The van der Waals surface area contributed by atoms with Crippen LogP contribution in [0.25, 0.3) is 0 Å². The van der Waals surface area contributed by atoms with Crippen molar-refractivity contribution in [1.82, 2.24) is 0 Å². The minimum Gasteiger partial charge on any atom is -0.505 e. The maximum atomic E-state index is 11.6. The number of allylic oxidation sites excluding steroid dienone is 2. The van der Waals surface area contributed by atoms with Gasteiger partial charge in [0.1, 0.15) is 0 Å². The summed E-state index contributed by atoms with van der Waals surface area (Å²) in [5, 5.41) is 38.8. The van der Waals surface area contributed by atoms with Crippen LogP contribution in [0.3, 0.4) is 0 Å². The highest BCUT2D eigenvalue weighted by molar-refractivity contribution is 5.91. The van der Waals surface area contributed by atoms with Gasteiger partial charge in [-0.15, -0.1) is 0 Å². The molecule has 0 saturated heterocycles. The summed E-state index contributed by atoms with van der Waals surface area (Å²) in [4.78, 5) is 22.9. The van der Waals surface area contributed by atoms with Crippen LogP contribution in [-0.2, 0) is 14.3 Å². The first-order valence-corrected chi connectivity index (χ1v) is 13.3. The average molecular weight is 497 g/mol. The second-order valence-corrected chi connectivity index (χ2v) is 11.0. The quantitative estimate of drug-likeness (QED) is 0.0955. The van der Waals surface area contributed by atoms with Crippen molar-refractivity contribution in [2.24, 2.45) is 17.8 Å². The lowest BCUT2D eigenvalue weighted by Gasteiger charge is -2.30. The predicted molar refractivity (Wildman–Crippen MR) is 137 cm³/mol. The number of carboxylic acid groups (broad SMARTS) is 1. The molecule has 0 aliphatic carbocycles. The molecule has 0 radical (unpaired) electrons. The number of rotatable bonds is 18. The summed E-state index contributed by atoms with van der Waals surface area (Å²) in [5.74, 6) is -2.51. The van der Waals surface area contributed by atoms with Crippen molar-refractivity contribution < 1.29 is 34.8 Å². The first-order chi connectivity index (χ1) is 16.4. The summed E-state index contributed by atoms with van der Waals surface area (Å²) >= 11 is 0. The van der Waals surface area contributed by atoms with E-state index in [1.54, 1.807) is 0 Å². The molecule has 0 bridgehead atoms. The molecule has 7 heteroatoms. The maximum absolute atomic E-state index is 11.6. The van der Waals surface area contributed by atoms with Gasteiger partial charge in [-0.2, -0.15) is 0 Å². The minimum atomic E-state index is -2.16. The molecule has 1 heterocycles. The van der Waals surface area contributed by atoms with E-state index in [-0.39, 0.29) is 6.42 Å². The third-order valence-corrected chi connectivity index (χ3v) is 7.15. The van der Waals surface area contributed by atoms with Gasteiger partial charge in [0.25, 0.3) is 0 Å². The predicted octanol–water partition coefficient (Wildman–Crippen LogP) is 6.61. The van der Waals surface area contributed by atoms with Crippen LogP contribution in [0.1, 0.15) is 112 Å². The van der Waals surface area contributed by atoms with Crippen molar-refractivity contribution in [3.05, 3.63) is 23.2 Å². The Bertz CT molecular complexity index is 740. The summed E-state index contributed by atoms with van der Waals surface area (Å²) in [6.45, 7) is 11.3. The monoisotopic (exact) mass is 496 g/mol. The van der Waals surface area contributed by atoms with E-state index < -0.39 is 35.2 Å². The molecule has 0 fully saturated rings. The largest absolute Gasteiger partial charge is 0.505 e. The number of esters is 1. The summed E-state index contributed by atoms with van der Waals surface area (Å²) in [6, 6.07) is 0. The number of aliphatic carboxylic acids is 1. The fraction of sp³-hybridized carbons (Fsp3) is 0.786. The van der Waals surface area contributed by atoms with Crippen molar-refractivity contribution in [2.45, 2.75) is 123 Å². The first kappa shape index (κ1) is 31.0. The molecular weight excluding hydrogens is 448 g/mol. The SMILES string of the molecule is CC(=CCCC[C@]1([C@@H](O)C(=O)O)OC(=O)C(O)=C1O)CCCC(C)CCCC(C)CCCC(C)C. The van der Waals surface area contributed by atoms with E-state index in [0.29, 0.717) is 18.8 Å². The molecule has 7 nitrogen and oxygen atoms in total. The molecule has 4 N–H and O–H groups in total. The van der Waals surface area contributed by atoms with E-state index in [4.69, 9.17) is 9.84 Å². The van der Waals surface area contributed by atoms with E-state index in [0.717, 1.165) is 24.7 Å². The van der Waals surface area contributed by atoms with E-state index in [9.17, 15) is 24.9 Å². The van der Waals surface area contributed by atoms with Gasteiger partial charge in [-0.1, -0.05) is 84.3 Å². The van der Waals surface area contributed by atoms with Crippen molar-refractivity contribution >= 4 is 11.9 Å². The van der Waals surface area contributed by atoms with Crippen LogP contribution in [0.2, 0.25) is 0 Å². The Balaban J connectivity index is 2.32. The van der Waals surface area contributed by atoms with Crippen LogP contribution in [-0.4, -0.2) is 44.1 Å². The third-order valence-electron chi connectivity index (χ3n) is 7.15. The second kappa shape index (κ2) is 15.2. The van der Waals surface area contributed by atoms with Crippen LogP contribution in [0.15, 0.2) is 23.2 Å². The van der Waals surface area contributed by atoms with E-state index in [1.165, 1.54) is 50.5 Å². The Morgan fingerprint density at radius 1 is 0.943 bits per heavy atom. The topological polar surface area (TPSA) is 124 Å². The average Bonchev–Trinajstić information content (AvgIpc) is 3.00. The second-order valence-electron chi connectivity index (χ2n) is 11.0. The van der Waals surface area contributed by atoms with Crippen molar-refractivity contribution in [3.8, 4) is 0 Å². The van der Waals surface area contributed by atoms with E-state index in [2.05, 4.69) is 40.7 Å². The van der Waals surface area contributed by atoms with Crippen LogP contribution in [0, 0.1) is 17.8 Å². The third kappa shape index (κ3) is 10.2. The zero-order valence-corrected chi connectivity index (χ0v) is 22.4.